The molecular weight excluding hydrogens is 194 g/mol. The quantitative estimate of drug-likeness (QED) is 0.713. The lowest BCUT2D eigenvalue weighted by Gasteiger charge is -2.15. The number of thiophene rings is 1. The fraction of sp³-hybridized carbons (Fsp3) is 0.545. The van der Waals surface area contributed by atoms with E-state index in [1.165, 1.54) is 29.9 Å². The number of nitrogens with zero attached hydrogens (tertiary/aromatic N) is 1. The lowest BCUT2D eigenvalue weighted by Crippen LogP contribution is -2.18. The molecule has 76 valence electrons. The van der Waals surface area contributed by atoms with Gasteiger partial charge >= 0.3 is 0 Å². The number of hydrogen-bond donors (Lipinski definition) is 0. The smallest absolute Gasteiger partial charge is 0.160 e. The van der Waals surface area contributed by atoms with E-state index in [1.807, 2.05) is 6.07 Å². The Bertz CT molecular complexity index is 321. The highest BCUT2D eigenvalue weighted by molar-refractivity contribution is 7.12. The summed E-state index contributed by atoms with van der Waals surface area (Å²) < 4.78 is 0. The van der Waals surface area contributed by atoms with Gasteiger partial charge in [0.05, 0.1) is 4.88 Å². The summed E-state index contributed by atoms with van der Waals surface area (Å²) in [7, 11) is 0. The first-order chi connectivity index (χ1) is 6.83. The molecule has 1 saturated heterocycles. The van der Waals surface area contributed by atoms with Crippen molar-refractivity contribution in [3.8, 4) is 0 Å². The lowest BCUT2D eigenvalue weighted by molar-refractivity contribution is 0.112. The van der Waals surface area contributed by atoms with Crippen molar-refractivity contribution in [3.05, 3.63) is 16.3 Å². The van der Waals surface area contributed by atoms with E-state index in [0.717, 1.165) is 30.2 Å². The molecule has 0 aromatic carbocycles. The predicted octanol–water partition coefficient (Wildman–Crippen LogP) is 2.80. The zero-order valence-electron chi connectivity index (χ0n) is 8.40. The zero-order valence-corrected chi connectivity index (χ0v) is 9.22. The molecule has 0 spiro atoms. The minimum atomic E-state index is 0.833. The number of aldehydes is 1. The summed E-state index contributed by atoms with van der Waals surface area (Å²) in [5.74, 6) is 0.842. The van der Waals surface area contributed by atoms with Crippen molar-refractivity contribution in [2.45, 2.75) is 19.8 Å². The monoisotopic (exact) mass is 209 g/mol. The van der Waals surface area contributed by atoms with Crippen molar-refractivity contribution in [1.29, 1.82) is 0 Å². The van der Waals surface area contributed by atoms with E-state index >= 15 is 0 Å². The van der Waals surface area contributed by atoms with Crippen LogP contribution in [0.1, 0.15) is 29.4 Å². The maximum absolute atomic E-state index is 10.5. The second kappa shape index (κ2) is 4.13. The Labute approximate surface area is 88.5 Å². The van der Waals surface area contributed by atoms with Crippen LogP contribution in [-0.2, 0) is 0 Å². The Morgan fingerprint density at radius 2 is 2.57 bits per heavy atom. The van der Waals surface area contributed by atoms with E-state index in [0.29, 0.717) is 0 Å². The van der Waals surface area contributed by atoms with Gasteiger partial charge in [-0.2, -0.15) is 0 Å². The van der Waals surface area contributed by atoms with Crippen molar-refractivity contribution in [2.24, 2.45) is 5.92 Å². The van der Waals surface area contributed by atoms with E-state index in [4.69, 9.17) is 0 Å². The van der Waals surface area contributed by atoms with Crippen LogP contribution in [0.4, 0.5) is 5.69 Å². The third-order valence-corrected chi connectivity index (χ3v) is 3.80. The third-order valence-electron chi connectivity index (χ3n) is 2.95. The first-order valence-electron chi connectivity index (χ1n) is 5.12. The molecule has 1 aliphatic rings. The molecule has 0 amide bonds. The molecule has 0 aliphatic carbocycles. The molecule has 0 saturated carbocycles. The summed E-state index contributed by atoms with van der Waals surface area (Å²) >= 11 is 1.54. The highest BCUT2D eigenvalue weighted by Gasteiger charge is 2.21. The Hall–Kier alpha value is -0.830. The normalized spacial score (nSPS) is 21.5. The molecule has 2 nitrogen and oxygen atoms in total. The van der Waals surface area contributed by atoms with Crippen molar-refractivity contribution < 1.29 is 4.79 Å². The van der Waals surface area contributed by atoms with E-state index < -0.39 is 0 Å². The Morgan fingerprint density at radius 1 is 1.71 bits per heavy atom. The number of anilines is 1. The van der Waals surface area contributed by atoms with Gasteiger partial charge in [0.1, 0.15) is 0 Å². The third kappa shape index (κ3) is 1.82. The molecule has 0 N–H and O–H groups in total. The lowest BCUT2D eigenvalue weighted by atomic mass is 10.1. The number of hydrogen-bond acceptors (Lipinski definition) is 3. The molecule has 1 unspecified atom stereocenters. The van der Waals surface area contributed by atoms with Gasteiger partial charge in [-0.1, -0.05) is 13.3 Å². The standard InChI is InChI=1S/C11H15NOS/c1-2-9-3-4-12(6-9)10-5-11(7-13)14-8-10/h5,7-9H,2-4,6H2,1H3. The first-order valence-corrected chi connectivity index (χ1v) is 6.00. The molecule has 2 rings (SSSR count). The van der Waals surface area contributed by atoms with Crippen LogP contribution in [0.5, 0.6) is 0 Å². The van der Waals surface area contributed by atoms with E-state index in [2.05, 4.69) is 17.2 Å². The first kappa shape index (κ1) is 9.71. The van der Waals surface area contributed by atoms with Crippen LogP contribution in [0.25, 0.3) is 0 Å². The van der Waals surface area contributed by atoms with Crippen LogP contribution >= 0.6 is 11.3 Å². The Morgan fingerprint density at radius 3 is 3.14 bits per heavy atom. The molecular formula is C11H15NOS. The van der Waals surface area contributed by atoms with E-state index in [1.54, 1.807) is 0 Å². The molecule has 1 aliphatic heterocycles. The predicted molar refractivity (Wildman–Crippen MR) is 60.3 cm³/mol. The topological polar surface area (TPSA) is 20.3 Å². The fourth-order valence-electron chi connectivity index (χ4n) is 1.97. The van der Waals surface area contributed by atoms with E-state index in [9.17, 15) is 4.79 Å². The molecule has 1 fully saturated rings. The number of carbonyl (C=O) groups excluding carboxylic acids is 1. The molecule has 1 atom stereocenters. The maximum atomic E-state index is 10.5. The zero-order chi connectivity index (χ0) is 9.97. The van der Waals surface area contributed by atoms with Crippen molar-refractivity contribution in [1.82, 2.24) is 0 Å². The summed E-state index contributed by atoms with van der Waals surface area (Å²) in [5, 5.41) is 2.09. The van der Waals surface area contributed by atoms with Gasteiger partial charge in [0.25, 0.3) is 0 Å². The largest absolute Gasteiger partial charge is 0.371 e. The minimum Gasteiger partial charge on any atom is -0.371 e. The average Bonchev–Trinajstić information content (AvgIpc) is 2.86. The minimum absolute atomic E-state index is 0.833. The second-order valence-electron chi connectivity index (χ2n) is 3.83. The SMILES string of the molecule is CCC1CCN(c2csc(C=O)c2)C1. The second-order valence-corrected chi connectivity index (χ2v) is 4.78. The highest BCUT2D eigenvalue weighted by Crippen LogP contribution is 2.28. The average molecular weight is 209 g/mol. The van der Waals surface area contributed by atoms with Gasteiger partial charge in [0.2, 0.25) is 0 Å². The maximum Gasteiger partial charge on any atom is 0.160 e. The van der Waals surface area contributed by atoms with Gasteiger partial charge in [-0.15, -0.1) is 11.3 Å². The van der Waals surface area contributed by atoms with Gasteiger partial charge in [-0.05, 0) is 18.4 Å². The van der Waals surface area contributed by atoms with Crippen molar-refractivity contribution in [3.63, 3.8) is 0 Å². The Kier molecular flexibility index (Phi) is 2.87. The van der Waals surface area contributed by atoms with Crippen molar-refractivity contribution >= 4 is 23.3 Å². The van der Waals surface area contributed by atoms with Gasteiger partial charge in [-0.25, -0.2) is 0 Å². The molecule has 3 heteroatoms. The summed E-state index contributed by atoms with van der Waals surface area (Å²) in [6, 6.07) is 2.00. The van der Waals surface area contributed by atoms with Crippen LogP contribution in [-0.4, -0.2) is 19.4 Å². The molecule has 0 radical (unpaired) electrons. The van der Waals surface area contributed by atoms with Gasteiger partial charge in [0, 0.05) is 24.2 Å². The van der Waals surface area contributed by atoms with Gasteiger partial charge in [0.15, 0.2) is 6.29 Å². The summed E-state index contributed by atoms with van der Waals surface area (Å²) in [5.41, 5.74) is 1.23. The molecule has 1 aromatic heterocycles. The van der Waals surface area contributed by atoms with Crippen LogP contribution in [0.2, 0.25) is 0 Å². The summed E-state index contributed by atoms with van der Waals surface area (Å²) in [6.07, 6.45) is 3.49. The Balaban J connectivity index is 2.05. The molecule has 14 heavy (non-hydrogen) atoms. The summed E-state index contributed by atoms with van der Waals surface area (Å²) in [4.78, 5) is 13.8. The van der Waals surface area contributed by atoms with Crippen LogP contribution in [0.15, 0.2) is 11.4 Å². The number of rotatable bonds is 3. The molecule has 1 aromatic rings. The van der Waals surface area contributed by atoms with Crippen LogP contribution in [0.3, 0.4) is 0 Å². The van der Waals surface area contributed by atoms with Crippen molar-refractivity contribution in [2.75, 3.05) is 18.0 Å². The highest BCUT2D eigenvalue weighted by atomic mass is 32.1. The summed E-state index contributed by atoms with van der Waals surface area (Å²) in [6.45, 7) is 4.55. The fourth-order valence-corrected chi connectivity index (χ4v) is 2.69. The van der Waals surface area contributed by atoms with Gasteiger partial charge < -0.3 is 4.90 Å². The van der Waals surface area contributed by atoms with E-state index in [-0.39, 0.29) is 0 Å². The number of carbonyl (C=O) groups is 1. The molecule has 2 heterocycles. The van der Waals surface area contributed by atoms with Gasteiger partial charge in [-0.3, -0.25) is 4.79 Å². The van der Waals surface area contributed by atoms with Crippen LogP contribution in [0, 0.1) is 5.92 Å². The molecule has 0 bridgehead atoms. The van der Waals surface area contributed by atoms with Crippen LogP contribution < -0.4 is 4.90 Å².